The van der Waals surface area contributed by atoms with Crippen molar-refractivity contribution in [1.29, 1.82) is 0 Å². The Morgan fingerprint density at radius 1 is 1.42 bits per heavy atom. The Bertz CT molecular complexity index is 179. The summed E-state index contributed by atoms with van der Waals surface area (Å²) in [6.07, 6.45) is 4.17. The van der Waals surface area contributed by atoms with Gasteiger partial charge in [-0.1, -0.05) is 19.4 Å². The fourth-order valence-corrected chi connectivity index (χ4v) is 2.24. The van der Waals surface area contributed by atoms with Gasteiger partial charge in [-0.15, -0.1) is 0 Å². The van der Waals surface area contributed by atoms with E-state index < -0.39 is 0 Å². The Morgan fingerprint density at radius 2 is 2.08 bits per heavy atom. The van der Waals surface area contributed by atoms with Crippen LogP contribution in [0.5, 0.6) is 0 Å². The number of rotatable bonds is 2. The maximum absolute atomic E-state index is 5.48. The zero-order valence-electron chi connectivity index (χ0n) is 8.68. The van der Waals surface area contributed by atoms with Gasteiger partial charge in [0.2, 0.25) is 0 Å². The van der Waals surface area contributed by atoms with Crippen molar-refractivity contribution >= 4 is 0 Å². The summed E-state index contributed by atoms with van der Waals surface area (Å²) in [7, 11) is 1.83. The average Bonchev–Trinajstić information content (AvgIpc) is 2.03. The second-order valence-corrected chi connectivity index (χ2v) is 4.01. The lowest BCUT2D eigenvalue weighted by molar-refractivity contribution is 0.108. The third-order valence-corrected chi connectivity index (χ3v) is 2.76. The van der Waals surface area contributed by atoms with Crippen molar-refractivity contribution in [3.05, 3.63) is 11.1 Å². The van der Waals surface area contributed by atoms with Gasteiger partial charge in [0.25, 0.3) is 0 Å². The molecule has 0 aromatic rings. The Morgan fingerprint density at radius 3 is 2.50 bits per heavy atom. The van der Waals surface area contributed by atoms with Crippen molar-refractivity contribution < 1.29 is 4.74 Å². The first-order valence-electron chi connectivity index (χ1n) is 4.89. The number of ether oxygens (including phenoxy) is 1. The predicted molar refractivity (Wildman–Crippen MR) is 52.2 cm³/mol. The Balaban J connectivity index is 2.83. The maximum Gasteiger partial charge on any atom is 0.0786 e. The highest BCUT2D eigenvalue weighted by atomic mass is 16.5. The molecule has 0 saturated heterocycles. The van der Waals surface area contributed by atoms with Crippen LogP contribution in [0.1, 0.15) is 40.0 Å². The molecule has 70 valence electrons. The molecule has 0 saturated carbocycles. The van der Waals surface area contributed by atoms with Crippen molar-refractivity contribution in [3.63, 3.8) is 0 Å². The van der Waals surface area contributed by atoms with Crippen molar-refractivity contribution in [3.8, 4) is 0 Å². The predicted octanol–water partition coefficient (Wildman–Crippen LogP) is 3.16. The minimum Gasteiger partial charge on any atom is -0.377 e. The van der Waals surface area contributed by atoms with E-state index in [2.05, 4.69) is 20.8 Å². The van der Waals surface area contributed by atoms with Crippen LogP contribution < -0.4 is 0 Å². The van der Waals surface area contributed by atoms with Gasteiger partial charge >= 0.3 is 0 Å². The summed E-state index contributed by atoms with van der Waals surface area (Å²) >= 11 is 0. The van der Waals surface area contributed by atoms with E-state index in [0.29, 0.717) is 12.0 Å². The zero-order valence-corrected chi connectivity index (χ0v) is 8.68. The third-order valence-electron chi connectivity index (χ3n) is 2.76. The first kappa shape index (κ1) is 9.79. The summed E-state index contributed by atoms with van der Waals surface area (Å²) in [6, 6.07) is 0. The molecule has 0 N–H and O–H groups in total. The molecule has 0 amide bonds. The average molecular weight is 168 g/mol. The van der Waals surface area contributed by atoms with Gasteiger partial charge in [0, 0.05) is 7.11 Å². The van der Waals surface area contributed by atoms with Gasteiger partial charge in [-0.2, -0.15) is 0 Å². The second kappa shape index (κ2) is 4.08. The smallest absolute Gasteiger partial charge is 0.0786 e. The summed E-state index contributed by atoms with van der Waals surface area (Å²) in [5.41, 5.74) is 3.10. The highest BCUT2D eigenvalue weighted by molar-refractivity contribution is 5.21. The molecular formula is C11H20O. The third kappa shape index (κ3) is 1.89. The van der Waals surface area contributed by atoms with Gasteiger partial charge in [-0.05, 0) is 37.7 Å². The summed E-state index contributed by atoms with van der Waals surface area (Å²) in [5, 5.41) is 0. The van der Waals surface area contributed by atoms with Crippen molar-refractivity contribution in [2.75, 3.05) is 7.11 Å². The first-order valence-corrected chi connectivity index (χ1v) is 4.89. The van der Waals surface area contributed by atoms with Crippen LogP contribution in [0.3, 0.4) is 0 Å². The van der Waals surface area contributed by atoms with Crippen LogP contribution in [0.25, 0.3) is 0 Å². The highest BCUT2D eigenvalue weighted by Gasteiger charge is 2.22. The lowest BCUT2D eigenvalue weighted by Crippen LogP contribution is -2.22. The summed E-state index contributed by atoms with van der Waals surface area (Å²) in [6.45, 7) is 6.77. The molecule has 1 aliphatic rings. The maximum atomic E-state index is 5.48. The molecule has 0 heterocycles. The van der Waals surface area contributed by atoms with Gasteiger partial charge in [0.05, 0.1) is 6.10 Å². The molecule has 1 rings (SSSR count). The Labute approximate surface area is 75.8 Å². The first-order chi connectivity index (χ1) is 5.66. The second-order valence-electron chi connectivity index (χ2n) is 4.01. The number of hydrogen-bond acceptors (Lipinski definition) is 1. The Hall–Kier alpha value is -0.300. The standard InChI is InChI=1S/C11H20O/c1-8(2)11-9(3)6-5-7-10(11)12-4/h8,10H,5-7H2,1-4H3. The topological polar surface area (TPSA) is 9.23 Å². The van der Waals surface area contributed by atoms with Gasteiger partial charge < -0.3 is 4.74 Å². The van der Waals surface area contributed by atoms with Crippen LogP contribution in [0.15, 0.2) is 11.1 Å². The molecule has 0 aromatic heterocycles. The van der Waals surface area contributed by atoms with Crippen LogP contribution in [0.4, 0.5) is 0 Å². The highest BCUT2D eigenvalue weighted by Crippen LogP contribution is 2.31. The molecule has 1 aliphatic carbocycles. The van der Waals surface area contributed by atoms with E-state index in [1.54, 1.807) is 11.1 Å². The van der Waals surface area contributed by atoms with E-state index in [9.17, 15) is 0 Å². The van der Waals surface area contributed by atoms with Crippen LogP contribution in [0.2, 0.25) is 0 Å². The fourth-order valence-electron chi connectivity index (χ4n) is 2.24. The zero-order chi connectivity index (χ0) is 9.14. The molecule has 0 aromatic carbocycles. The summed E-state index contributed by atoms with van der Waals surface area (Å²) in [4.78, 5) is 0. The molecule has 0 spiro atoms. The van der Waals surface area contributed by atoms with E-state index in [0.717, 1.165) is 0 Å². The molecule has 0 aliphatic heterocycles. The summed E-state index contributed by atoms with van der Waals surface area (Å²) in [5.74, 6) is 0.648. The fraction of sp³-hybridized carbons (Fsp3) is 0.818. The van der Waals surface area contributed by atoms with Crippen molar-refractivity contribution in [1.82, 2.24) is 0 Å². The van der Waals surface area contributed by atoms with Crippen LogP contribution in [-0.4, -0.2) is 13.2 Å². The molecule has 1 nitrogen and oxygen atoms in total. The van der Waals surface area contributed by atoms with E-state index in [4.69, 9.17) is 4.74 Å². The van der Waals surface area contributed by atoms with Crippen molar-refractivity contribution in [2.24, 2.45) is 5.92 Å². The van der Waals surface area contributed by atoms with Gasteiger partial charge in [0.15, 0.2) is 0 Å². The molecule has 0 fully saturated rings. The SMILES string of the molecule is COC1CCCC(C)=C1C(C)C. The number of allylic oxidation sites excluding steroid dienone is 1. The molecule has 1 heteroatoms. The van der Waals surface area contributed by atoms with Crippen LogP contribution >= 0.6 is 0 Å². The molecule has 0 radical (unpaired) electrons. The van der Waals surface area contributed by atoms with Gasteiger partial charge in [-0.25, -0.2) is 0 Å². The number of hydrogen-bond donors (Lipinski definition) is 0. The lowest BCUT2D eigenvalue weighted by atomic mass is 9.84. The van der Waals surface area contributed by atoms with Crippen molar-refractivity contribution in [2.45, 2.75) is 46.1 Å². The molecule has 12 heavy (non-hydrogen) atoms. The van der Waals surface area contributed by atoms with Crippen LogP contribution in [0, 0.1) is 5.92 Å². The van der Waals surface area contributed by atoms with E-state index in [1.165, 1.54) is 19.3 Å². The quantitative estimate of drug-likeness (QED) is 0.575. The largest absolute Gasteiger partial charge is 0.377 e. The molecule has 1 unspecified atom stereocenters. The monoisotopic (exact) mass is 168 g/mol. The van der Waals surface area contributed by atoms with Crippen LogP contribution in [-0.2, 0) is 4.74 Å². The van der Waals surface area contributed by atoms with Gasteiger partial charge in [0.1, 0.15) is 0 Å². The normalized spacial score (nSPS) is 25.2. The molecule has 1 atom stereocenters. The number of methoxy groups -OCH3 is 1. The molecular weight excluding hydrogens is 148 g/mol. The minimum absolute atomic E-state index is 0.402. The van der Waals surface area contributed by atoms with E-state index >= 15 is 0 Å². The minimum atomic E-state index is 0.402. The lowest BCUT2D eigenvalue weighted by Gasteiger charge is -2.28. The van der Waals surface area contributed by atoms with E-state index in [-0.39, 0.29) is 0 Å². The molecule has 0 bridgehead atoms. The van der Waals surface area contributed by atoms with Gasteiger partial charge in [-0.3, -0.25) is 0 Å². The Kier molecular flexibility index (Phi) is 3.33. The summed E-state index contributed by atoms with van der Waals surface area (Å²) < 4.78 is 5.48. The van der Waals surface area contributed by atoms with E-state index in [1.807, 2.05) is 7.11 Å².